The SMILES string of the molecule is CCc1ccc(NC(=O)c2c(C)oc(C)c2C)cc1. The number of anilines is 1. The third kappa shape index (κ3) is 2.70. The largest absolute Gasteiger partial charge is 0.466 e. The summed E-state index contributed by atoms with van der Waals surface area (Å²) in [6.07, 6.45) is 0.993. The van der Waals surface area contributed by atoms with Crippen molar-refractivity contribution in [2.75, 3.05) is 5.32 Å². The third-order valence-electron chi connectivity index (χ3n) is 3.41. The average molecular weight is 257 g/mol. The van der Waals surface area contributed by atoms with E-state index in [4.69, 9.17) is 4.42 Å². The van der Waals surface area contributed by atoms with Crippen LogP contribution in [0, 0.1) is 20.8 Å². The van der Waals surface area contributed by atoms with Gasteiger partial charge in [0.1, 0.15) is 11.5 Å². The highest BCUT2D eigenvalue weighted by Crippen LogP contribution is 2.22. The number of aryl methyl sites for hydroxylation is 3. The molecular formula is C16H19NO2. The van der Waals surface area contributed by atoms with Crippen LogP contribution in [0.15, 0.2) is 28.7 Å². The van der Waals surface area contributed by atoms with E-state index in [0.717, 1.165) is 23.4 Å². The molecule has 2 aromatic rings. The Morgan fingerprint density at radius 1 is 1.11 bits per heavy atom. The van der Waals surface area contributed by atoms with Crippen molar-refractivity contribution >= 4 is 11.6 Å². The molecule has 1 amide bonds. The molecule has 0 saturated heterocycles. The van der Waals surface area contributed by atoms with Crippen LogP contribution in [-0.2, 0) is 6.42 Å². The smallest absolute Gasteiger partial charge is 0.259 e. The van der Waals surface area contributed by atoms with Gasteiger partial charge in [-0.05, 0) is 44.9 Å². The summed E-state index contributed by atoms with van der Waals surface area (Å²) >= 11 is 0. The van der Waals surface area contributed by atoms with Crippen LogP contribution in [0.5, 0.6) is 0 Å². The van der Waals surface area contributed by atoms with Crippen molar-refractivity contribution in [2.45, 2.75) is 34.1 Å². The minimum absolute atomic E-state index is 0.115. The van der Waals surface area contributed by atoms with E-state index < -0.39 is 0 Å². The van der Waals surface area contributed by atoms with Gasteiger partial charge >= 0.3 is 0 Å². The van der Waals surface area contributed by atoms with E-state index in [9.17, 15) is 4.79 Å². The average Bonchev–Trinajstić information content (AvgIpc) is 2.64. The van der Waals surface area contributed by atoms with E-state index >= 15 is 0 Å². The van der Waals surface area contributed by atoms with Crippen molar-refractivity contribution in [2.24, 2.45) is 0 Å². The molecule has 0 spiro atoms. The Bertz CT molecular complexity index is 594. The standard InChI is InChI=1S/C16H19NO2/c1-5-13-6-8-14(9-7-13)17-16(18)15-10(2)11(3)19-12(15)4/h6-9H,5H2,1-4H3,(H,17,18). The van der Waals surface area contributed by atoms with E-state index in [1.165, 1.54) is 5.56 Å². The molecule has 3 nitrogen and oxygen atoms in total. The maximum Gasteiger partial charge on any atom is 0.259 e. The zero-order valence-electron chi connectivity index (χ0n) is 11.8. The minimum atomic E-state index is -0.115. The molecule has 0 atom stereocenters. The summed E-state index contributed by atoms with van der Waals surface area (Å²) in [6, 6.07) is 7.90. The summed E-state index contributed by atoms with van der Waals surface area (Å²) in [7, 11) is 0. The van der Waals surface area contributed by atoms with E-state index in [1.54, 1.807) is 0 Å². The molecule has 3 heteroatoms. The first-order chi connectivity index (χ1) is 9.02. The molecule has 19 heavy (non-hydrogen) atoms. The molecule has 2 rings (SSSR count). The van der Waals surface area contributed by atoms with Crippen LogP contribution in [0.2, 0.25) is 0 Å². The quantitative estimate of drug-likeness (QED) is 0.902. The van der Waals surface area contributed by atoms with Gasteiger partial charge in [-0.15, -0.1) is 0 Å². The van der Waals surface area contributed by atoms with Gasteiger partial charge in [0.2, 0.25) is 0 Å². The molecular weight excluding hydrogens is 238 g/mol. The first-order valence-corrected chi connectivity index (χ1v) is 6.49. The predicted octanol–water partition coefficient (Wildman–Crippen LogP) is 4.02. The molecule has 0 aliphatic rings. The molecule has 1 aromatic carbocycles. The molecule has 1 N–H and O–H groups in total. The Morgan fingerprint density at radius 3 is 2.21 bits per heavy atom. The van der Waals surface area contributed by atoms with Crippen LogP contribution >= 0.6 is 0 Å². The molecule has 1 heterocycles. The fourth-order valence-corrected chi connectivity index (χ4v) is 2.14. The summed E-state index contributed by atoms with van der Waals surface area (Å²) in [5.41, 5.74) is 3.60. The summed E-state index contributed by atoms with van der Waals surface area (Å²) < 4.78 is 5.48. The lowest BCUT2D eigenvalue weighted by molar-refractivity contribution is 0.102. The first-order valence-electron chi connectivity index (χ1n) is 6.49. The zero-order valence-corrected chi connectivity index (χ0v) is 11.8. The van der Waals surface area contributed by atoms with Crippen LogP contribution in [0.4, 0.5) is 5.69 Å². The van der Waals surface area contributed by atoms with Crippen molar-refractivity contribution < 1.29 is 9.21 Å². The van der Waals surface area contributed by atoms with Crippen molar-refractivity contribution in [3.05, 3.63) is 52.5 Å². The zero-order chi connectivity index (χ0) is 14.0. The van der Waals surface area contributed by atoms with Crippen molar-refractivity contribution in [1.29, 1.82) is 0 Å². The monoisotopic (exact) mass is 257 g/mol. The first kappa shape index (κ1) is 13.4. The molecule has 0 unspecified atom stereocenters. The second-order valence-corrected chi connectivity index (χ2v) is 4.72. The number of carbonyl (C=O) groups is 1. The topological polar surface area (TPSA) is 42.2 Å². The van der Waals surface area contributed by atoms with Gasteiger partial charge in [-0.1, -0.05) is 19.1 Å². The number of amides is 1. The van der Waals surface area contributed by atoms with Crippen molar-refractivity contribution in [3.63, 3.8) is 0 Å². The lowest BCUT2D eigenvalue weighted by Gasteiger charge is -2.06. The van der Waals surface area contributed by atoms with Crippen molar-refractivity contribution in [1.82, 2.24) is 0 Å². The van der Waals surface area contributed by atoms with E-state index in [2.05, 4.69) is 12.2 Å². The van der Waals surface area contributed by atoms with Crippen LogP contribution in [0.1, 0.15) is 39.9 Å². The number of furan rings is 1. The Hall–Kier alpha value is -2.03. The molecule has 0 saturated carbocycles. The molecule has 100 valence electrons. The van der Waals surface area contributed by atoms with Gasteiger partial charge in [0.15, 0.2) is 0 Å². The number of hydrogen-bond donors (Lipinski definition) is 1. The van der Waals surface area contributed by atoms with Gasteiger partial charge in [-0.25, -0.2) is 0 Å². The molecule has 0 aliphatic heterocycles. The second-order valence-electron chi connectivity index (χ2n) is 4.72. The Kier molecular flexibility index (Phi) is 3.74. The summed E-state index contributed by atoms with van der Waals surface area (Å²) in [4.78, 5) is 12.3. The normalized spacial score (nSPS) is 10.5. The number of nitrogens with one attached hydrogen (secondary N) is 1. The summed E-state index contributed by atoms with van der Waals surface area (Å²) in [6.45, 7) is 7.69. The summed E-state index contributed by atoms with van der Waals surface area (Å²) in [5.74, 6) is 1.35. The lowest BCUT2D eigenvalue weighted by atomic mass is 10.1. The van der Waals surface area contributed by atoms with Crippen LogP contribution in [-0.4, -0.2) is 5.91 Å². The van der Waals surface area contributed by atoms with E-state index in [0.29, 0.717) is 11.3 Å². The highest BCUT2D eigenvalue weighted by molar-refractivity contribution is 6.06. The highest BCUT2D eigenvalue weighted by atomic mass is 16.3. The Morgan fingerprint density at radius 2 is 1.74 bits per heavy atom. The fraction of sp³-hybridized carbons (Fsp3) is 0.312. The fourth-order valence-electron chi connectivity index (χ4n) is 2.14. The maximum absolute atomic E-state index is 12.3. The number of hydrogen-bond acceptors (Lipinski definition) is 2. The second kappa shape index (κ2) is 5.31. The minimum Gasteiger partial charge on any atom is -0.466 e. The van der Waals surface area contributed by atoms with Crippen LogP contribution in [0.3, 0.4) is 0 Å². The number of benzene rings is 1. The van der Waals surface area contributed by atoms with Gasteiger partial charge in [-0.3, -0.25) is 4.79 Å². The van der Waals surface area contributed by atoms with Crippen LogP contribution < -0.4 is 5.32 Å². The van der Waals surface area contributed by atoms with Gasteiger partial charge < -0.3 is 9.73 Å². The molecule has 0 fully saturated rings. The van der Waals surface area contributed by atoms with E-state index in [-0.39, 0.29) is 5.91 Å². The van der Waals surface area contributed by atoms with Gasteiger partial charge in [0.25, 0.3) is 5.91 Å². The molecule has 1 aromatic heterocycles. The van der Waals surface area contributed by atoms with Gasteiger partial charge in [-0.2, -0.15) is 0 Å². The highest BCUT2D eigenvalue weighted by Gasteiger charge is 2.18. The Labute approximate surface area is 113 Å². The van der Waals surface area contributed by atoms with Gasteiger partial charge in [0.05, 0.1) is 5.56 Å². The third-order valence-corrected chi connectivity index (χ3v) is 3.41. The van der Waals surface area contributed by atoms with Crippen molar-refractivity contribution in [3.8, 4) is 0 Å². The van der Waals surface area contributed by atoms with Gasteiger partial charge in [0, 0.05) is 11.3 Å². The summed E-state index contributed by atoms with van der Waals surface area (Å²) in [5, 5.41) is 2.91. The van der Waals surface area contributed by atoms with E-state index in [1.807, 2.05) is 45.0 Å². The molecule has 0 aliphatic carbocycles. The van der Waals surface area contributed by atoms with Crippen LogP contribution in [0.25, 0.3) is 0 Å². The maximum atomic E-state index is 12.3. The predicted molar refractivity (Wildman–Crippen MR) is 76.7 cm³/mol. The molecule has 0 bridgehead atoms. The number of carbonyl (C=O) groups excluding carboxylic acids is 1. The lowest BCUT2D eigenvalue weighted by Crippen LogP contribution is -2.13. The molecule has 0 radical (unpaired) electrons. The number of rotatable bonds is 3. The Balaban J connectivity index is 2.20.